The fourth-order valence-corrected chi connectivity index (χ4v) is 4.01. The van der Waals surface area contributed by atoms with Crippen LogP contribution in [-0.4, -0.2) is 31.2 Å². The minimum Gasteiger partial charge on any atom is -0.364 e. The number of halogens is 1. The fourth-order valence-electron chi connectivity index (χ4n) is 1.89. The van der Waals surface area contributed by atoms with Gasteiger partial charge in [-0.3, -0.25) is 4.79 Å². The lowest BCUT2D eigenvalue weighted by Gasteiger charge is -2.05. The van der Waals surface area contributed by atoms with E-state index in [2.05, 4.69) is 4.72 Å². The van der Waals surface area contributed by atoms with Crippen LogP contribution in [0, 0.1) is 0 Å². The highest BCUT2D eigenvalue weighted by molar-refractivity contribution is 7.99. The zero-order valence-electron chi connectivity index (χ0n) is 12.3. The molecule has 23 heavy (non-hydrogen) atoms. The molecule has 2 aromatic rings. The number of hydrogen-bond donors (Lipinski definition) is 2. The van der Waals surface area contributed by atoms with Crippen LogP contribution in [0.3, 0.4) is 0 Å². The van der Waals surface area contributed by atoms with Gasteiger partial charge >= 0.3 is 0 Å². The van der Waals surface area contributed by atoms with Gasteiger partial charge in [0.05, 0.1) is 0 Å². The number of nitrogens with zero attached hydrogens (tertiary/aromatic N) is 1. The average molecular weight is 374 g/mol. The lowest BCUT2D eigenvalue weighted by atomic mass is 10.4. The molecule has 0 saturated carbocycles. The lowest BCUT2D eigenvalue weighted by Crippen LogP contribution is -2.25. The Bertz CT molecular complexity index is 801. The summed E-state index contributed by atoms with van der Waals surface area (Å²) in [4.78, 5) is 12.2. The van der Waals surface area contributed by atoms with E-state index in [0.717, 1.165) is 4.90 Å². The van der Waals surface area contributed by atoms with E-state index in [1.807, 2.05) is 12.1 Å². The number of aryl methyl sites for hydroxylation is 1. The van der Waals surface area contributed by atoms with Crippen molar-refractivity contribution in [2.24, 2.45) is 12.8 Å². The van der Waals surface area contributed by atoms with E-state index in [1.165, 1.54) is 28.6 Å². The summed E-state index contributed by atoms with van der Waals surface area (Å²) in [5.41, 5.74) is 5.32. The fraction of sp³-hybridized carbons (Fsp3) is 0.214. The molecule has 2 rings (SSSR count). The summed E-state index contributed by atoms with van der Waals surface area (Å²) in [7, 11) is -2.10. The second kappa shape index (κ2) is 7.39. The van der Waals surface area contributed by atoms with Gasteiger partial charge in [-0.2, -0.15) is 0 Å². The van der Waals surface area contributed by atoms with Crippen molar-refractivity contribution in [3.63, 3.8) is 0 Å². The van der Waals surface area contributed by atoms with Crippen molar-refractivity contribution in [2.45, 2.75) is 9.79 Å². The maximum Gasteiger partial charge on any atom is 0.265 e. The maximum atomic E-state index is 12.2. The lowest BCUT2D eigenvalue weighted by molar-refractivity contribution is 0.0992. The van der Waals surface area contributed by atoms with Crippen LogP contribution in [0.5, 0.6) is 0 Å². The molecular formula is C14H16ClN3O3S2. The monoisotopic (exact) mass is 373 g/mol. The number of aromatic nitrogens is 1. The molecule has 1 heterocycles. The van der Waals surface area contributed by atoms with Crippen molar-refractivity contribution in [3.05, 3.63) is 47.2 Å². The number of carbonyl (C=O) groups excluding carboxylic acids is 1. The van der Waals surface area contributed by atoms with E-state index < -0.39 is 15.9 Å². The second-order valence-electron chi connectivity index (χ2n) is 4.74. The highest BCUT2D eigenvalue weighted by atomic mass is 35.5. The third-order valence-corrected chi connectivity index (χ3v) is 5.71. The first-order chi connectivity index (χ1) is 10.8. The van der Waals surface area contributed by atoms with Crippen LogP contribution in [0.1, 0.15) is 10.5 Å². The summed E-state index contributed by atoms with van der Waals surface area (Å²) in [6, 6.07) is 8.57. The van der Waals surface area contributed by atoms with Crippen molar-refractivity contribution in [1.29, 1.82) is 0 Å². The summed E-state index contributed by atoms with van der Waals surface area (Å²) in [6.07, 6.45) is 1.36. The van der Waals surface area contributed by atoms with Crippen LogP contribution in [0.15, 0.2) is 46.3 Å². The third kappa shape index (κ3) is 4.74. The van der Waals surface area contributed by atoms with Crippen molar-refractivity contribution < 1.29 is 13.2 Å². The molecule has 3 N–H and O–H groups in total. The predicted octanol–water partition coefficient (Wildman–Crippen LogP) is 1.85. The molecule has 1 aromatic heterocycles. The number of amides is 1. The summed E-state index contributed by atoms with van der Waals surface area (Å²) in [6.45, 7) is 0.260. The van der Waals surface area contributed by atoms with E-state index in [0.29, 0.717) is 10.8 Å². The molecule has 9 heteroatoms. The van der Waals surface area contributed by atoms with Gasteiger partial charge in [0.2, 0.25) is 10.0 Å². The standard InChI is InChI=1S/C14H16ClN3O3S2/c1-18-9-12(8-13(18)14(16)19)23(20,21)17-6-7-22-11-4-2-10(15)3-5-11/h2-5,8-9,17H,6-7H2,1H3,(H2,16,19). The number of carbonyl (C=O) groups is 1. The number of primary amides is 1. The Kier molecular flexibility index (Phi) is 5.74. The molecule has 1 amide bonds. The van der Waals surface area contributed by atoms with E-state index in [1.54, 1.807) is 19.2 Å². The molecule has 0 saturated heterocycles. The van der Waals surface area contributed by atoms with Crippen LogP contribution < -0.4 is 10.5 Å². The Labute approximate surface area is 144 Å². The molecule has 1 aromatic carbocycles. The number of thioether (sulfide) groups is 1. The van der Waals surface area contributed by atoms with Gasteiger partial charge in [-0.25, -0.2) is 13.1 Å². The van der Waals surface area contributed by atoms with E-state index >= 15 is 0 Å². The van der Waals surface area contributed by atoms with Crippen molar-refractivity contribution in [3.8, 4) is 0 Å². The van der Waals surface area contributed by atoms with Gasteiger partial charge in [0.25, 0.3) is 5.91 Å². The number of benzene rings is 1. The topological polar surface area (TPSA) is 94.2 Å². The Balaban J connectivity index is 1.92. The molecule has 0 aliphatic carbocycles. The Hall–Kier alpha value is -1.48. The molecular weight excluding hydrogens is 358 g/mol. The summed E-state index contributed by atoms with van der Waals surface area (Å²) >= 11 is 7.32. The SMILES string of the molecule is Cn1cc(S(=O)(=O)NCCSc2ccc(Cl)cc2)cc1C(N)=O. The number of rotatable bonds is 7. The first kappa shape index (κ1) is 17.9. The minimum absolute atomic E-state index is 0.0188. The van der Waals surface area contributed by atoms with Gasteiger partial charge in [-0.05, 0) is 30.3 Å². The highest BCUT2D eigenvalue weighted by Gasteiger charge is 2.18. The molecule has 124 valence electrons. The van der Waals surface area contributed by atoms with Crippen molar-refractivity contribution >= 4 is 39.3 Å². The average Bonchev–Trinajstić information content (AvgIpc) is 2.88. The molecule has 0 radical (unpaired) electrons. The van der Waals surface area contributed by atoms with Crippen LogP contribution in [0.2, 0.25) is 5.02 Å². The summed E-state index contributed by atoms with van der Waals surface area (Å²) in [5, 5.41) is 0.657. The number of hydrogen-bond acceptors (Lipinski definition) is 4. The quantitative estimate of drug-likeness (QED) is 0.572. The zero-order valence-corrected chi connectivity index (χ0v) is 14.7. The Morgan fingerprint density at radius 3 is 2.57 bits per heavy atom. The zero-order chi connectivity index (χ0) is 17.0. The molecule has 0 aliphatic rings. The van der Waals surface area contributed by atoms with Crippen molar-refractivity contribution in [1.82, 2.24) is 9.29 Å². The smallest absolute Gasteiger partial charge is 0.265 e. The molecule has 0 bridgehead atoms. The van der Waals surface area contributed by atoms with Gasteiger partial charge in [0.15, 0.2) is 0 Å². The van der Waals surface area contributed by atoms with Crippen LogP contribution >= 0.6 is 23.4 Å². The van der Waals surface area contributed by atoms with Crippen LogP contribution in [0.4, 0.5) is 0 Å². The van der Waals surface area contributed by atoms with Gasteiger partial charge in [-0.1, -0.05) is 11.6 Å². The molecule has 6 nitrogen and oxygen atoms in total. The molecule has 0 atom stereocenters. The highest BCUT2D eigenvalue weighted by Crippen LogP contribution is 2.20. The first-order valence-corrected chi connectivity index (χ1v) is 9.48. The van der Waals surface area contributed by atoms with Gasteiger partial charge in [-0.15, -0.1) is 11.8 Å². The molecule has 0 fully saturated rings. The van der Waals surface area contributed by atoms with Crippen molar-refractivity contribution in [2.75, 3.05) is 12.3 Å². The summed E-state index contributed by atoms with van der Waals surface area (Å²) in [5.74, 6) is -0.108. The third-order valence-electron chi connectivity index (χ3n) is 3.02. The molecule has 0 spiro atoms. The first-order valence-electron chi connectivity index (χ1n) is 6.64. The van der Waals surface area contributed by atoms with Crippen LogP contribution in [-0.2, 0) is 17.1 Å². The number of nitrogens with two attached hydrogens (primary N) is 1. The normalized spacial score (nSPS) is 11.6. The van der Waals surface area contributed by atoms with E-state index in [4.69, 9.17) is 17.3 Å². The molecule has 0 unspecified atom stereocenters. The van der Waals surface area contributed by atoms with Gasteiger partial charge in [0, 0.05) is 35.5 Å². The van der Waals surface area contributed by atoms with Crippen LogP contribution in [0.25, 0.3) is 0 Å². The Morgan fingerprint density at radius 1 is 1.35 bits per heavy atom. The number of sulfonamides is 1. The largest absolute Gasteiger partial charge is 0.364 e. The second-order valence-corrected chi connectivity index (χ2v) is 8.11. The van der Waals surface area contributed by atoms with E-state index in [9.17, 15) is 13.2 Å². The Morgan fingerprint density at radius 2 is 2.00 bits per heavy atom. The maximum absolute atomic E-state index is 12.2. The predicted molar refractivity (Wildman–Crippen MR) is 91.3 cm³/mol. The van der Waals surface area contributed by atoms with Gasteiger partial charge in [0.1, 0.15) is 10.6 Å². The summed E-state index contributed by atoms with van der Waals surface area (Å²) < 4.78 is 28.2. The van der Waals surface area contributed by atoms with Gasteiger partial charge < -0.3 is 10.3 Å². The number of nitrogens with one attached hydrogen (secondary N) is 1. The minimum atomic E-state index is -3.67. The molecule has 0 aliphatic heterocycles. The van der Waals surface area contributed by atoms with E-state index in [-0.39, 0.29) is 17.1 Å².